The van der Waals surface area contributed by atoms with Gasteiger partial charge >= 0.3 is 0 Å². The van der Waals surface area contributed by atoms with E-state index in [2.05, 4.69) is 20.8 Å². The average Bonchev–Trinajstić information content (AvgIpc) is 2.18. The zero-order valence-corrected chi connectivity index (χ0v) is 5.20. The van der Waals surface area contributed by atoms with Crippen LogP contribution in [0.15, 0.2) is 0 Å². The van der Waals surface area contributed by atoms with Crippen LogP contribution in [-0.4, -0.2) is 0 Å². The van der Waals surface area contributed by atoms with Gasteiger partial charge in [0.2, 0.25) is 0 Å². The van der Waals surface area contributed by atoms with Crippen LogP contribution in [0, 0.1) is 18.3 Å². The van der Waals surface area contributed by atoms with Crippen molar-refractivity contribution in [3.8, 4) is 0 Å². The summed E-state index contributed by atoms with van der Waals surface area (Å²) < 4.78 is 0. The van der Waals surface area contributed by atoms with Gasteiger partial charge in [-0.25, -0.2) is 0 Å². The van der Waals surface area contributed by atoms with Gasteiger partial charge in [-0.15, -0.1) is 0 Å². The summed E-state index contributed by atoms with van der Waals surface area (Å²) >= 11 is 0. The summed E-state index contributed by atoms with van der Waals surface area (Å²) in [7, 11) is 0. The van der Waals surface area contributed by atoms with E-state index in [-0.39, 0.29) is 0 Å². The Kier molecular flexibility index (Phi) is 0.911. The van der Waals surface area contributed by atoms with Crippen LogP contribution in [0.2, 0.25) is 0 Å². The molecule has 1 radical (unpaired) electrons. The Hall–Kier alpha value is 0. The van der Waals surface area contributed by atoms with E-state index in [9.17, 15) is 0 Å². The summed E-state index contributed by atoms with van der Waals surface area (Å²) in [6.45, 7) is 8.48. The zero-order valence-electron chi connectivity index (χ0n) is 5.20. The average molecular weight is 97.2 g/mol. The van der Waals surface area contributed by atoms with Crippen LogP contribution >= 0.6 is 0 Å². The molecule has 2 atom stereocenters. The Morgan fingerprint density at radius 2 is 2.29 bits per heavy atom. The molecule has 41 valence electrons. The van der Waals surface area contributed by atoms with Crippen molar-refractivity contribution in [2.45, 2.75) is 26.7 Å². The van der Waals surface area contributed by atoms with Crippen LogP contribution in [0.5, 0.6) is 0 Å². The molecule has 1 fully saturated rings. The molecule has 0 nitrogen and oxygen atoms in total. The lowest BCUT2D eigenvalue weighted by molar-refractivity contribution is 0.528. The van der Waals surface area contributed by atoms with E-state index in [1.54, 1.807) is 0 Å². The molecule has 0 N–H and O–H groups in total. The van der Waals surface area contributed by atoms with Crippen LogP contribution < -0.4 is 0 Å². The van der Waals surface area contributed by atoms with E-state index in [4.69, 9.17) is 0 Å². The fourth-order valence-corrected chi connectivity index (χ4v) is 0.989. The predicted octanol–water partition coefficient (Wildman–Crippen LogP) is 2.26. The first-order valence-electron chi connectivity index (χ1n) is 2.98. The second-order valence-corrected chi connectivity index (χ2v) is 3.01. The van der Waals surface area contributed by atoms with Gasteiger partial charge in [0.05, 0.1) is 0 Å². The summed E-state index contributed by atoms with van der Waals surface area (Å²) in [4.78, 5) is 0. The van der Waals surface area contributed by atoms with Crippen molar-refractivity contribution in [1.29, 1.82) is 0 Å². The van der Waals surface area contributed by atoms with Crippen LogP contribution in [-0.2, 0) is 0 Å². The summed E-state index contributed by atoms with van der Waals surface area (Å²) in [6, 6.07) is 0. The minimum atomic E-state index is 0.639. The third kappa shape index (κ3) is 0.667. The van der Waals surface area contributed by atoms with Gasteiger partial charge in [-0.1, -0.05) is 20.8 Å². The monoisotopic (exact) mass is 97.1 g/mol. The molecule has 0 heteroatoms. The summed E-state index contributed by atoms with van der Waals surface area (Å²) in [5.74, 6) is 0.949. The standard InChI is InChI=1S/C7H13/c1-4-7(3)5-6(7)2/h6H,1,4-5H2,2-3H3. The van der Waals surface area contributed by atoms with Crippen LogP contribution in [0.25, 0.3) is 0 Å². The van der Waals surface area contributed by atoms with Gasteiger partial charge in [-0.3, -0.25) is 0 Å². The predicted molar refractivity (Wildman–Crippen MR) is 31.9 cm³/mol. The largest absolute Gasteiger partial charge is 0.0620 e. The first-order chi connectivity index (χ1) is 3.19. The van der Waals surface area contributed by atoms with Crippen molar-refractivity contribution in [3.63, 3.8) is 0 Å². The molecule has 0 aromatic carbocycles. The highest BCUT2D eigenvalue weighted by molar-refractivity contribution is 4.95. The first kappa shape index (κ1) is 5.14. The number of hydrogen-bond acceptors (Lipinski definition) is 0. The first-order valence-corrected chi connectivity index (χ1v) is 2.98. The molecule has 0 spiro atoms. The van der Waals surface area contributed by atoms with Gasteiger partial charge in [-0.05, 0) is 24.2 Å². The molecular formula is C7H13. The van der Waals surface area contributed by atoms with E-state index in [1.807, 2.05) is 0 Å². The number of rotatable bonds is 1. The Bertz CT molecular complexity index is 72.1. The van der Waals surface area contributed by atoms with Gasteiger partial charge in [-0.2, -0.15) is 0 Å². The lowest BCUT2D eigenvalue weighted by atomic mass is 10.0. The molecule has 7 heavy (non-hydrogen) atoms. The van der Waals surface area contributed by atoms with Gasteiger partial charge in [0.1, 0.15) is 0 Å². The highest BCUT2D eigenvalue weighted by atomic mass is 14.5. The van der Waals surface area contributed by atoms with Crippen LogP contribution in [0.3, 0.4) is 0 Å². The van der Waals surface area contributed by atoms with Crippen molar-refractivity contribution in [3.05, 3.63) is 6.92 Å². The number of hydrogen-bond donors (Lipinski definition) is 0. The molecule has 0 amide bonds. The van der Waals surface area contributed by atoms with Gasteiger partial charge in [0, 0.05) is 0 Å². The highest BCUT2D eigenvalue weighted by Crippen LogP contribution is 2.53. The molecule has 0 aliphatic heterocycles. The molecule has 1 aliphatic rings. The summed E-state index contributed by atoms with van der Waals surface area (Å²) in [5, 5.41) is 0. The zero-order chi connectivity index (χ0) is 5.49. The summed E-state index contributed by atoms with van der Waals surface area (Å²) in [5.41, 5.74) is 0.639. The maximum atomic E-state index is 3.87. The molecule has 0 bridgehead atoms. The maximum absolute atomic E-state index is 3.87. The quantitative estimate of drug-likeness (QED) is 0.470. The highest BCUT2D eigenvalue weighted by Gasteiger charge is 2.44. The molecule has 2 unspecified atom stereocenters. The fourth-order valence-electron chi connectivity index (χ4n) is 0.989. The Balaban J connectivity index is 2.36. The molecule has 0 aromatic rings. The van der Waals surface area contributed by atoms with E-state index in [0.29, 0.717) is 5.41 Å². The minimum absolute atomic E-state index is 0.639. The molecule has 0 aromatic heterocycles. The van der Waals surface area contributed by atoms with Gasteiger partial charge in [0.25, 0.3) is 0 Å². The lowest BCUT2D eigenvalue weighted by Crippen LogP contribution is -1.90. The molecule has 0 heterocycles. The Morgan fingerprint density at radius 3 is 2.29 bits per heavy atom. The van der Waals surface area contributed by atoms with Gasteiger partial charge < -0.3 is 0 Å². The molecule has 0 saturated heterocycles. The summed E-state index contributed by atoms with van der Waals surface area (Å²) in [6.07, 6.45) is 2.52. The van der Waals surface area contributed by atoms with Crippen LogP contribution in [0.4, 0.5) is 0 Å². The third-order valence-electron chi connectivity index (χ3n) is 2.37. The van der Waals surface area contributed by atoms with E-state index < -0.39 is 0 Å². The Morgan fingerprint density at radius 1 is 1.86 bits per heavy atom. The van der Waals surface area contributed by atoms with Gasteiger partial charge in [0.15, 0.2) is 0 Å². The Labute approximate surface area is 45.9 Å². The van der Waals surface area contributed by atoms with Crippen molar-refractivity contribution in [2.24, 2.45) is 11.3 Å². The second-order valence-electron chi connectivity index (χ2n) is 3.01. The molecular weight excluding hydrogens is 84.1 g/mol. The van der Waals surface area contributed by atoms with Crippen molar-refractivity contribution in [1.82, 2.24) is 0 Å². The van der Waals surface area contributed by atoms with E-state index in [0.717, 1.165) is 12.3 Å². The van der Waals surface area contributed by atoms with Crippen molar-refractivity contribution >= 4 is 0 Å². The smallest absolute Gasteiger partial charge is 0.0297 e. The third-order valence-corrected chi connectivity index (χ3v) is 2.37. The van der Waals surface area contributed by atoms with E-state index >= 15 is 0 Å². The fraction of sp³-hybridized carbons (Fsp3) is 0.857. The topological polar surface area (TPSA) is 0 Å². The van der Waals surface area contributed by atoms with Crippen LogP contribution in [0.1, 0.15) is 26.7 Å². The lowest BCUT2D eigenvalue weighted by Gasteiger charge is -2.00. The SMILES string of the molecule is [CH2]CC1(C)CC1C. The van der Waals surface area contributed by atoms with E-state index in [1.165, 1.54) is 6.42 Å². The minimum Gasteiger partial charge on any atom is -0.0620 e. The molecule has 1 aliphatic carbocycles. The molecule has 1 rings (SSSR count). The maximum Gasteiger partial charge on any atom is -0.0297 e. The van der Waals surface area contributed by atoms with Crippen molar-refractivity contribution in [2.75, 3.05) is 0 Å². The second kappa shape index (κ2) is 1.24. The normalized spacial score (nSPS) is 49.3. The molecule has 1 saturated carbocycles. The van der Waals surface area contributed by atoms with Crippen molar-refractivity contribution < 1.29 is 0 Å².